The molecular formula is C43H70N6O6S. The minimum Gasteiger partial charge on any atom is -0.481 e. The van der Waals surface area contributed by atoms with Crippen LogP contribution < -0.4 is 16.0 Å². The van der Waals surface area contributed by atoms with E-state index in [1.54, 1.807) is 19.2 Å². The number of likely N-dealkylation sites (N-methyl/N-ethyl adjacent to an activating group) is 1. The summed E-state index contributed by atoms with van der Waals surface area (Å²) in [5, 5.41) is 32.8. The third-order valence-corrected chi connectivity index (χ3v) is 12.4. The van der Waals surface area contributed by atoms with Crippen molar-refractivity contribution in [2.45, 2.75) is 149 Å². The number of aromatic nitrogens is 1. The molecule has 314 valence electrons. The van der Waals surface area contributed by atoms with E-state index < -0.39 is 35.5 Å². The summed E-state index contributed by atoms with van der Waals surface area (Å²) >= 11 is 1.19. The van der Waals surface area contributed by atoms with Crippen LogP contribution in [-0.4, -0.2) is 100 Å². The summed E-state index contributed by atoms with van der Waals surface area (Å²) in [6, 6.07) is 5.99. The Hall–Kier alpha value is -3.55. The molecule has 0 bridgehead atoms. The number of nitrogens with one attached hydrogen (secondary N) is 3. The molecule has 13 heteroatoms. The Kier molecular flexibility index (Phi) is 18.7. The number of rotatable bonds is 23. The first kappa shape index (κ1) is 46.8. The van der Waals surface area contributed by atoms with Gasteiger partial charge in [-0.15, -0.1) is 11.3 Å². The van der Waals surface area contributed by atoms with Crippen molar-refractivity contribution in [2.24, 2.45) is 17.3 Å². The minimum absolute atomic E-state index is 0.0132. The van der Waals surface area contributed by atoms with Crippen molar-refractivity contribution in [1.82, 2.24) is 25.4 Å². The number of piperidine rings is 1. The van der Waals surface area contributed by atoms with Crippen molar-refractivity contribution < 1.29 is 29.4 Å². The molecule has 1 aromatic carbocycles. The maximum Gasteiger partial charge on any atom is 0.309 e. The Morgan fingerprint density at radius 2 is 1.73 bits per heavy atom. The number of aliphatic carboxylic acids is 1. The largest absolute Gasteiger partial charge is 0.481 e. The molecule has 0 saturated carbocycles. The lowest BCUT2D eigenvalue weighted by atomic mass is 9.84. The lowest BCUT2D eigenvalue weighted by Gasteiger charge is -2.40. The van der Waals surface area contributed by atoms with Crippen LogP contribution in [0.3, 0.4) is 0 Å². The van der Waals surface area contributed by atoms with Gasteiger partial charge in [0.15, 0.2) is 0 Å². The standard InChI is InChI=1S/C43H70N6O6S/c1-10-12-13-15-23-49(41(53)37(29(5)11-2)47-39(52)34-17-14-16-22-48(34)9)35(28(3)4)25-36(50)40-46-33(27-56-40)38(51)45-32(26-43(6,7)42(54)55)24-30-18-20-31(44-8)21-19-30/h18-21,27-29,32,34-37,44,50H,10-17,22-26H2,1-9H3,(H,45,51)(H,47,52)(H,54,55)/t29-,32-,34+,35+,36+,37-/m0/s1. The van der Waals surface area contributed by atoms with Crippen molar-refractivity contribution in [3.05, 3.63) is 45.9 Å². The van der Waals surface area contributed by atoms with E-state index in [4.69, 9.17) is 0 Å². The van der Waals surface area contributed by atoms with Crippen LogP contribution in [0, 0.1) is 17.3 Å². The lowest BCUT2D eigenvalue weighted by Crippen LogP contribution is -2.58. The summed E-state index contributed by atoms with van der Waals surface area (Å²) < 4.78 is 0. The molecule has 12 nitrogen and oxygen atoms in total. The highest BCUT2D eigenvalue weighted by Gasteiger charge is 2.38. The summed E-state index contributed by atoms with van der Waals surface area (Å²) in [5.74, 6) is -1.72. The second-order valence-electron chi connectivity index (χ2n) is 16.8. The summed E-state index contributed by atoms with van der Waals surface area (Å²) in [7, 11) is 3.80. The number of amides is 3. The van der Waals surface area contributed by atoms with Gasteiger partial charge in [-0.05, 0) is 89.1 Å². The van der Waals surface area contributed by atoms with Gasteiger partial charge in [0.2, 0.25) is 11.8 Å². The average Bonchev–Trinajstić information content (AvgIpc) is 3.67. The van der Waals surface area contributed by atoms with E-state index in [0.717, 1.165) is 69.2 Å². The number of unbranched alkanes of at least 4 members (excludes halogenated alkanes) is 3. The van der Waals surface area contributed by atoms with Gasteiger partial charge in [-0.1, -0.05) is 78.9 Å². The molecule has 1 aromatic heterocycles. The number of anilines is 1. The summed E-state index contributed by atoms with van der Waals surface area (Å²) in [5.41, 5.74) is 0.965. The van der Waals surface area contributed by atoms with E-state index >= 15 is 0 Å². The summed E-state index contributed by atoms with van der Waals surface area (Å²) in [4.78, 5) is 62.5. The minimum atomic E-state index is -1.08. The molecule has 0 radical (unpaired) electrons. The van der Waals surface area contributed by atoms with Gasteiger partial charge in [-0.25, -0.2) is 4.98 Å². The number of hydrogen-bond donors (Lipinski definition) is 5. The fraction of sp³-hybridized carbons (Fsp3) is 0.698. The number of carbonyl (C=O) groups excluding carboxylic acids is 3. The van der Waals surface area contributed by atoms with E-state index in [1.165, 1.54) is 11.3 Å². The molecule has 1 fully saturated rings. The van der Waals surface area contributed by atoms with Crippen LogP contribution in [-0.2, 0) is 20.8 Å². The highest BCUT2D eigenvalue weighted by molar-refractivity contribution is 7.09. The first-order valence-corrected chi connectivity index (χ1v) is 21.7. The van der Waals surface area contributed by atoms with Crippen LogP contribution in [0.25, 0.3) is 0 Å². The maximum atomic E-state index is 14.7. The number of benzene rings is 1. The molecule has 2 aromatic rings. The van der Waals surface area contributed by atoms with E-state index in [0.29, 0.717) is 18.0 Å². The number of thiazole rings is 1. The smallest absolute Gasteiger partial charge is 0.309 e. The number of hydrogen-bond acceptors (Lipinski definition) is 9. The van der Waals surface area contributed by atoms with Gasteiger partial charge in [0.25, 0.3) is 5.91 Å². The molecule has 3 amide bonds. The second-order valence-corrected chi connectivity index (χ2v) is 17.7. The van der Waals surface area contributed by atoms with Gasteiger partial charge < -0.3 is 31.1 Å². The Morgan fingerprint density at radius 1 is 1.04 bits per heavy atom. The maximum absolute atomic E-state index is 14.7. The molecule has 1 aliphatic rings. The van der Waals surface area contributed by atoms with Crippen molar-refractivity contribution >= 4 is 40.7 Å². The third kappa shape index (κ3) is 13.5. The topological polar surface area (TPSA) is 164 Å². The zero-order chi connectivity index (χ0) is 41.6. The molecule has 56 heavy (non-hydrogen) atoms. The van der Waals surface area contributed by atoms with Gasteiger partial charge >= 0.3 is 5.97 Å². The molecule has 0 unspecified atom stereocenters. The van der Waals surface area contributed by atoms with Crippen LogP contribution >= 0.6 is 11.3 Å². The Bertz CT molecular complexity index is 1550. The second kappa shape index (κ2) is 22.4. The normalized spacial score (nSPS) is 17.7. The molecule has 0 aliphatic carbocycles. The highest BCUT2D eigenvalue weighted by atomic mass is 32.1. The van der Waals surface area contributed by atoms with Crippen LogP contribution in [0.15, 0.2) is 29.6 Å². The predicted octanol–water partition coefficient (Wildman–Crippen LogP) is 6.90. The zero-order valence-corrected chi connectivity index (χ0v) is 36.2. The molecule has 1 aliphatic heterocycles. The lowest BCUT2D eigenvalue weighted by molar-refractivity contribution is -0.147. The van der Waals surface area contributed by atoms with Gasteiger partial charge in [-0.2, -0.15) is 0 Å². The van der Waals surface area contributed by atoms with Gasteiger partial charge in [0.1, 0.15) is 22.8 Å². The SMILES string of the molecule is CCCCCCN(C(=O)[C@@H](NC(=O)[C@H]1CCCCN1C)[C@@H](C)CC)[C@H](C[C@@H](O)c1nc(C(=O)N[C@@H](Cc2ccc(NC)cc2)CC(C)(C)C(=O)O)cs1)C(C)C. The number of aliphatic hydroxyl groups is 1. The van der Waals surface area contributed by atoms with Crippen molar-refractivity contribution in [1.29, 1.82) is 0 Å². The van der Waals surface area contributed by atoms with Crippen LogP contribution in [0.4, 0.5) is 5.69 Å². The van der Waals surface area contributed by atoms with Gasteiger partial charge in [0, 0.05) is 43.2 Å². The average molecular weight is 799 g/mol. The van der Waals surface area contributed by atoms with E-state index in [1.807, 2.05) is 71.0 Å². The van der Waals surface area contributed by atoms with E-state index in [9.17, 15) is 29.4 Å². The number of likely N-dealkylation sites (tertiary alicyclic amines) is 1. The van der Waals surface area contributed by atoms with Crippen LogP contribution in [0.5, 0.6) is 0 Å². The van der Waals surface area contributed by atoms with Crippen LogP contribution in [0.1, 0.15) is 140 Å². The first-order chi connectivity index (χ1) is 26.5. The molecule has 5 N–H and O–H groups in total. The van der Waals surface area contributed by atoms with Crippen molar-refractivity contribution in [3.63, 3.8) is 0 Å². The Labute approximate surface area is 339 Å². The van der Waals surface area contributed by atoms with Crippen molar-refractivity contribution in [2.75, 3.05) is 32.5 Å². The zero-order valence-electron chi connectivity index (χ0n) is 35.4. The van der Waals surface area contributed by atoms with E-state index in [-0.39, 0.29) is 54.3 Å². The molecule has 1 saturated heterocycles. The number of carbonyl (C=O) groups is 4. The number of carboxylic acid groups (broad SMARTS) is 1. The van der Waals surface area contributed by atoms with Gasteiger partial charge in [-0.3, -0.25) is 24.1 Å². The number of nitrogens with zero attached hydrogens (tertiary/aromatic N) is 3. The molecule has 6 atom stereocenters. The molecule has 0 spiro atoms. The Balaban J connectivity index is 1.84. The summed E-state index contributed by atoms with van der Waals surface area (Å²) in [6.07, 6.45) is 7.23. The molecule has 3 rings (SSSR count). The fourth-order valence-electron chi connectivity index (χ4n) is 7.53. The quantitative estimate of drug-likeness (QED) is 0.0753. The summed E-state index contributed by atoms with van der Waals surface area (Å²) in [6.45, 7) is 14.9. The van der Waals surface area contributed by atoms with Crippen LogP contribution in [0.2, 0.25) is 0 Å². The predicted molar refractivity (Wildman–Crippen MR) is 225 cm³/mol. The molecular weight excluding hydrogens is 729 g/mol. The highest BCUT2D eigenvalue weighted by Crippen LogP contribution is 2.30. The van der Waals surface area contributed by atoms with Gasteiger partial charge in [0.05, 0.1) is 11.5 Å². The number of aliphatic hydroxyl groups excluding tert-OH is 1. The Morgan fingerprint density at radius 3 is 2.32 bits per heavy atom. The number of carboxylic acids is 1. The third-order valence-electron chi connectivity index (χ3n) is 11.5. The van der Waals surface area contributed by atoms with E-state index in [2.05, 4.69) is 32.8 Å². The molecule has 2 heterocycles. The monoisotopic (exact) mass is 799 g/mol. The first-order valence-electron chi connectivity index (χ1n) is 20.8. The fourth-order valence-corrected chi connectivity index (χ4v) is 8.33. The van der Waals surface area contributed by atoms with Crippen molar-refractivity contribution in [3.8, 4) is 0 Å².